The van der Waals surface area contributed by atoms with E-state index < -0.39 is 0 Å². The summed E-state index contributed by atoms with van der Waals surface area (Å²) < 4.78 is 0. The van der Waals surface area contributed by atoms with Gasteiger partial charge in [-0.1, -0.05) is 49.1 Å². The first-order valence-corrected chi connectivity index (χ1v) is 5.64. The first-order chi connectivity index (χ1) is 7.81. The highest BCUT2D eigenvalue weighted by Crippen LogP contribution is 2.39. The Labute approximate surface area is 96.3 Å². The zero-order valence-electron chi connectivity index (χ0n) is 9.46. The quantitative estimate of drug-likeness (QED) is 0.559. The van der Waals surface area contributed by atoms with Crippen LogP contribution >= 0.6 is 0 Å². The molecule has 3 rings (SSSR count). The van der Waals surface area contributed by atoms with Gasteiger partial charge >= 0.3 is 0 Å². The third-order valence-corrected chi connectivity index (χ3v) is 3.45. The summed E-state index contributed by atoms with van der Waals surface area (Å²) >= 11 is 0. The lowest BCUT2D eigenvalue weighted by molar-refractivity contribution is 1.24. The second-order valence-electron chi connectivity index (χ2n) is 4.36. The van der Waals surface area contributed by atoms with E-state index in [0.29, 0.717) is 0 Å². The van der Waals surface area contributed by atoms with Crippen LogP contribution in [-0.2, 0) is 6.42 Å². The fourth-order valence-corrected chi connectivity index (χ4v) is 2.64. The summed E-state index contributed by atoms with van der Waals surface area (Å²) in [6.07, 6.45) is 3.04. The minimum atomic E-state index is 1.05. The fourth-order valence-electron chi connectivity index (χ4n) is 2.64. The van der Waals surface area contributed by atoms with Gasteiger partial charge in [0.15, 0.2) is 0 Å². The van der Waals surface area contributed by atoms with Gasteiger partial charge in [-0.2, -0.15) is 0 Å². The van der Waals surface area contributed by atoms with Gasteiger partial charge in [-0.05, 0) is 46.7 Å². The van der Waals surface area contributed by atoms with E-state index in [1.165, 1.54) is 33.4 Å². The maximum atomic E-state index is 3.93. The van der Waals surface area contributed by atoms with Crippen LogP contribution in [0.25, 0.3) is 17.2 Å². The van der Waals surface area contributed by atoms with Crippen LogP contribution in [-0.4, -0.2) is 0 Å². The molecule has 0 nitrogen and oxygen atoms in total. The van der Waals surface area contributed by atoms with Gasteiger partial charge in [0.25, 0.3) is 0 Å². The molecule has 2 aromatic carbocycles. The minimum absolute atomic E-state index is 1.05. The van der Waals surface area contributed by atoms with Crippen LogP contribution in [0.2, 0.25) is 0 Å². The van der Waals surface area contributed by atoms with Crippen molar-refractivity contribution in [2.24, 2.45) is 0 Å². The van der Waals surface area contributed by atoms with Gasteiger partial charge in [-0.15, -0.1) is 0 Å². The lowest BCUT2D eigenvalue weighted by atomic mass is 9.97. The van der Waals surface area contributed by atoms with Gasteiger partial charge in [-0.3, -0.25) is 0 Å². The van der Waals surface area contributed by atoms with Gasteiger partial charge in [0.2, 0.25) is 0 Å². The van der Waals surface area contributed by atoms with Gasteiger partial charge in [0.1, 0.15) is 0 Å². The first kappa shape index (κ1) is 9.41. The summed E-state index contributed by atoms with van der Waals surface area (Å²) in [5, 5.41) is 0. The largest absolute Gasteiger partial charge is 0.0984 e. The number of hydrogen-bond donors (Lipinski definition) is 0. The second kappa shape index (κ2) is 3.34. The summed E-state index contributed by atoms with van der Waals surface area (Å²) in [7, 11) is 0. The molecule has 2 aromatic rings. The van der Waals surface area contributed by atoms with Crippen molar-refractivity contribution in [2.45, 2.75) is 13.3 Å². The van der Waals surface area contributed by atoms with Crippen LogP contribution in [0.3, 0.4) is 0 Å². The summed E-state index contributed by atoms with van der Waals surface area (Å²) in [5.41, 5.74) is 8.29. The van der Waals surface area contributed by atoms with Gasteiger partial charge in [0, 0.05) is 0 Å². The first-order valence-electron chi connectivity index (χ1n) is 5.64. The summed E-state index contributed by atoms with van der Waals surface area (Å²) in [4.78, 5) is 0. The molecule has 1 aliphatic carbocycles. The number of aryl methyl sites for hydroxylation is 1. The predicted octanol–water partition coefficient (Wildman–Crippen LogP) is 4.21. The van der Waals surface area contributed by atoms with Gasteiger partial charge in [0.05, 0.1) is 0 Å². The number of rotatable bonds is 1. The van der Waals surface area contributed by atoms with E-state index in [-0.39, 0.29) is 0 Å². The van der Waals surface area contributed by atoms with Crippen molar-refractivity contribution in [3.05, 3.63) is 65.2 Å². The summed E-state index contributed by atoms with van der Waals surface area (Å²) in [6, 6.07) is 13.1. The second-order valence-corrected chi connectivity index (χ2v) is 4.36. The van der Waals surface area contributed by atoms with Crippen LogP contribution in [0.5, 0.6) is 0 Å². The van der Waals surface area contributed by atoms with E-state index in [1.54, 1.807) is 0 Å². The van der Waals surface area contributed by atoms with E-state index in [4.69, 9.17) is 0 Å². The monoisotopic (exact) mass is 206 g/mol. The molecule has 0 saturated carbocycles. The molecule has 0 bridgehead atoms. The Kier molecular flexibility index (Phi) is 1.97. The molecule has 0 fully saturated rings. The number of benzene rings is 2. The lowest BCUT2D eigenvalue weighted by Gasteiger charge is -2.07. The molecule has 0 heteroatoms. The lowest BCUT2D eigenvalue weighted by Crippen LogP contribution is -1.89. The topological polar surface area (TPSA) is 0 Å². The Bertz CT molecular complexity index is 577. The van der Waals surface area contributed by atoms with Crippen molar-refractivity contribution in [2.75, 3.05) is 0 Å². The van der Waals surface area contributed by atoms with E-state index >= 15 is 0 Å². The molecule has 0 heterocycles. The average Bonchev–Trinajstić information content (AvgIpc) is 2.67. The highest BCUT2D eigenvalue weighted by molar-refractivity contribution is 5.81. The highest BCUT2D eigenvalue weighted by Gasteiger charge is 2.20. The van der Waals surface area contributed by atoms with Gasteiger partial charge < -0.3 is 0 Å². The highest BCUT2D eigenvalue weighted by atomic mass is 14.2. The van der Waals surface area contributed by atoms with Gasteiger partial charge in [-0.25, -0.2) is 0 Å². The molecule has 0 aromatic heterocycles. The molecule has 0 radical (unpaired) electrons. The Morgan fingerprint density at radius 1 is 1.06 bits per heavy atom. The summed E-state index contributed by atoms with van der Waals surface area (Å²) in [5.74, 6) is 0. The van der Waals surface area contributed by atoms with Crippen LogP contribution < -0.4 is 0 Å². The molecule has 0 spiro atoms. The molecule has 0 N–H and O–H groups in total. The van der Waals surface area contributed by atoms with Crippen LogP contribution in [0.1, 0.15) is 22.3 Å². The zero-order valence-corrected chi connectivity index (χ0v) is 9.46. The molecule has 0 aliphatic heterocycles. The molecular weight excluding hydrogens is 192 g/mol. The Balaban J connectivity index is 2.32. The minimum Gasteiger partial charge on any atom is -0.0984 e. The Hall–Kier alpha value is -1.82. The van der Waals surface area contributed by atoms with Crippen molar-refractivity contribution in [3.8, 4) is 11.1 Å². The molecule has 0 unspecified atom stereocenters. The molecule has 78 valence electrons. The van der Waals surface area contributed by atoms with Crippen molar-refractivity contribution in [1.82, 2.24) is 0 Å². The van der Waals surface area contributed by atoms with Crippen molar-refractivity contribution < 1.29 is 0 Å². The van der Waals surface area contributed by atoms with Crippen LogP contribution in [0.4, 0.5) is 0 Å². The number of fused-ring (bicyclic) bond motifs is 3. The fraction of sp³-hybridized carbons (Fsp3) is 0.125. The van der Waals surface area contributed by atoms with E-state index in [2.05, 4.69) is 49.9 Å². The Morgan fingerprint density at radius 3 is 2.69 bits per heavy atom. The van der Waals surface area contributed by atoms with E-state index in [1.807, 2.05) is 6.08 Å². The smallest absolute Gasteiger partial charge is 0.000741 e. The molecule has 0 atom stereocenters. The molecule has 0 amide bonds. The van der Waals surface area contributed by atoms with E-state index in [0.717, 1.165) is 6.42 Å². The normalized spacial score (nSPS) is 12.1. The number of hydrogen-bond acceptors (Lipinski definition) is 0. The molecule has 1 aliphatic rings. The third kappa shape index (κ3) is 1.16. The van der Waals surface area contributed by atoms with Crippen LogP contribution in [0, 0.1) is 6.92 Å². The van der Waals surface area contributed by atoms with Crippen molar-refractivity contribution >= 4 is 6.08 Å². The van der Waals surface area contributed by atoms with Crippen molar-refractivity contribution in [1.29, 1.82) is 0 Å². The van der Waals surface area contributed by atoms with Crippen LogP contribution in [0.15, 0.2) is 43.0 Å². The molecule has 16 heavy (non-hydrogen) atoms. The summed E-state index contributed by atoms with van der Waals surface area (Å²) in [6.45, 7) is 6.09. The predicted molar refractivity (Wildman–Crippen MR) is 69.5 cm³/mol. The van der Waals surface area contributed by atoms with Crippen molar-refractivity contribution in [3.63, 3.8) is 0 Å². The maximum absolute atomic E-state index is 3.93. The van der Waals surface area contributed by atoms with E-state index in [9.17, 15) is 0 Å². The SMILES string of the molecule is C=Cc1c(C)ccc2c1Cc1ccccc1-2. The third-order valence-electron chi connectivity index (χ3n) is 3.45. The molecule has 0 saturated heterocycles. The maximum Gasteiger partial charge on any atom is -0.000741 e. The average molecular weight is 206 g/mol. The molecular formula is C16H14. The Morgan fingerprint density at radius 2 is 1.88 bits per heavy atom. The zero-order chi connectivity index (χ0) is 11.1. The standard InChI is InChI=1S/C16H14/c1-3-13-11(2)8-9-15-14-7-5-4-6-12(14)10-16(13)15/h3-9H,1,10H2,2H3.